The zero-order valence-corrected chi connectivity index (χ0v) is 18.8. The SMILES string of the molecule is CCCCCOc1ccc(C(=O)N2CCN(c3cc(-n4cccn4)nc(C)n3)CC2)cc1. The smallest absolute Gasteiger partial charge is 0.253 e. The van der Waals surface area contributed by atoms with Crippen LogP contribution in [0.25, 0.3) is 5.82 Å². The normalized spacial score (nSPS) is 13.9. The van der Waals surface area contributed by atoms with Crippen LogP contribution in [0.15, 0.2) is 48.8 Å². The quantitative estimate of drug-likeness (QED) is 0.505. The maximum atomic E-state index is 12.9. The lowest BCUT2D eigenvalue weighted by atomic mass is 10.1. The van der Waals surface area contributed by atoms with Gasteiger partial charge in [-0.1, -0.05) is 19.8 Å². The van der Waals surface area contributed by atoms with E-state index in [9.17, 15) is 4.79 Å². The average molecular weight is 435 g/mol. The maximum absolute atomic E-state index is 12.9. The first-order valence-electron chi connectivity index (χ1n) is 11.3. The van der Waals surface area contributed by atoms with Gasteiger partial charge in [-0.3, -0.25) is 4.79 Å². The number of unbranched alkanes of at least 4 members (excludes halogenated alkanes) is 2. The Morgan fingerprint density at radius 3 is 2.47 bits per heavy atom. The number of hydrogen-bond donors (Lipinski definition) is 0. The lowest BCUT2D eigenvalue weighted by molar-refractivity contribution is 0.0746. The fraction of sp³-hybridized carbons (Fsp3) is 0.417. The van der Waals surface area contributed by atoms with E-state index in [-0.39, 0.29) is 5.91 Å². The second-order valence-electron chi connectivity index (χ2n) is 7.94. The molecule has 0 bridgehead atoms. The number of amides is 1. The highest BCUT2D eigenvalue weighted by Crippen LogP contribution is 2.19. The number of ether oxygens (including phenoxy) is 1. The molecule has 1 aromatic carbocycles. The molecule has 3 heterocycles. The van der Waals surface area contributed by atoms with Gasteiger partial charge in [-0.2, -0.15) is 5.10 Å². The lowest BCUT2D eigenvalue weighted by Crippen LogP contribution is -2.49. The maximum Gasteiger partial charge on any atom is 0.253 e. The first-order valence-corrected chi connectivity index (χ1v) is 11.3. The van der Waals surface area contributed by atoms with E-state index in [1.165, 1.54) is 12.8 Å². The molecule has 1 aliphatic heterocycles. The highest BCUT2D eigenvalue weighted by Gasteiger charge is 2.23. The van der Waals surface area contributed by atoms with Gasteiger partial charge in [0.2, 0.25) is 0 Å². The molecule has 2 aromatic heterocycles. The molecule has 0 saturated carbocycles. The number of anilines is 1. The highest BCUT2D eigenvalue weighted by atomic mass is 16.5. The fourth-order valence-electron chi connectivity index (χ4n) is 3.78. The standard InChI is InChI=1S/C24H30N6O2/c1-3-4-5-17-32-21-9-7-20(8-10-21)24(31)29-15-13-28(14-16-29)22-18-23(27-19(2)26-22)30-12-6-11-25-30/h6-12,18H,3-5,13-17H2,1-2H3. The molecular formula is C24H30N6O2. The van der Waals surface area contributed by atoms with Crippen LogP contribution in [0.1, 0.15) is 42.4 Å². The van der Waals surface area contributed by atoms with Gasteiger partial charge in [-0.05, 0) is 43.7 Å². The summed E-state index contributed by atoms with van der Waals surface area (Å²) >= 11 is 0. The van der Waals surface area contributed by atoms with Crippen LogP contribution in [0.5, 0.6) is 5.75 Å². The van der Waals surface area contributed by atoms with Crippen LogP contribution in [0.4, 0.5) is 5.82 Å². The van der Waals surface area contributed by atoms with Gasteiger partial charge in [-0.25, -0.2) is 14.6 Å². The van der Waals surface area contributed by atoms with Crippen molar-refractivity contribution < 1.29 is 9.53 Å². The molecule has 0 atom stereocenters. The van der Waals surface area contributed by atoms with E-state index >= 15 is 0 Å². The molecule has 4 rings (SSSR count). The molecule has 1 fully saturated rings. The summed E-state index contributed by atoms with van der Waals surface area (Å²) in [4.78, 5) is 26.1. The topological polar surface area (TPSA) is 76.4 Å². The van der Waals surface area contributed by atoms with Gasteiger partial charge in [0.15, 0.2) is 5.82 Å². The van der Waals surface area contributed by atoms with E-state index in [0.29, 0.717) is 31.1 Å². The molecule has 0 spiro atoms. The van der Waals surface area contributed by atoms with Crippen molar-refractivity contribution in [3.63, 3.8) is 0 Å². The minimum Gasteiger partial charge on any atom is -0.494 e. The predicted molar refractivity (Wildman–Crippen MR) is 123 cm³/mol. The largest absolute Gasteiger partial charge is 0.494 e. The molecule has 168 valence electrons. The molecule has 8 heteroatoms. The van der Waals surface area contributed by atoms with Gasteiger partial charge in [0, 0.05) is 50.2 Å². The van der Waals surface area contributed by atoms with Crippen LogP contribution in [-0.4, -0.2) is 63.3 Å². The molecular weight excluding hydrogens is 404 g/mol. The van der Waals surface area contributed by atoms with E-state index in [4.69, 9.17) is 4.74 Å². The van der Waals surface area contributed by atoms with Crippen LogP contribution >= 0.6 is 0 Å². The van der Waals surface area contributed by atoms with Crippen molar-refractivity contribution in [2.45, 2.75) is 33.1 Å². The number of carbonyl (C=O) groups excluding carboxylic acids is 1. The van der Waals surface area contributed by atoms with Gasteiger partial charge in [0.25, 0.3) is 5.91 Å². The van der Waals surface area contributed by atoms with Gasteiger partial charge in [0.1, 0.15) is 17.4 Å². The number of benzene rings is 1. The van der Waals surface area contributed by atoms with Crippen molar-refractivity contribution in [2.75, 3.05) is 37.7 Å². The molecule has 0 N–H and O–H groups in total. The van der Waals surface area contributed by atoms with Gasteiger partial charge >= 0.3 is 0 Å². The number of aryl methyl sites for hydroxylation is 1. The molecule has 1 amide bonds. The Balaban J connectivity index is 1.34. The van der Waals surface area contributed by atoms with Gasteiger partial charge in [0.05, 0.1) is 6.61 Å². The van der Waals surface area contributed by atoms with Crippen LogP contribution in [-0.2, 0) is 0 Å². The summed E-state index contributed by atoms with van der Waals surface area (Å²) in [6, 6.07) is 11.3. The third-order valence-corrected chi connectivity index (χ3v) is 5.56. The van der Waals surface area contributed by atoms with E-state index in [0.717, 1.165) is 36.9 Å². The molecule has 1 aliphatic rings. The highest BCUT2D eigenvalue weighted by molar-refractivity contribution is 5.94. The Labute approximate surface area is 188 Å². The van der Waals surface area contributed by atoms with Gasteiger partial charge in [-0.15, -0.1) is 0 Å². The first-order chi connectivity index (χ1) is 15.6. The summed E-state index contributed by atoms with van der Waals surface area (Å²) in [6.07, 6.45) is 6.99. The molecule has 0 unspecified atom stereocenters. The third-order valence-electron chi connectivity index (χ3n) is 5.56. The van der Waals surface area contributed by atoms with Crippen molar-refractivity contribution in [3.05, 3.63) is 60.2 Å². The number of aromatic nitrogens is 4. The van der Waals surface area contributed by atoms with E-state index in [1.807, 2.05) is 54.4 Å². The summed E-state index contributed by atoms with van der Waals surface area (Å²) in [5.74, 6) is 3.17. The third kappa shape index (κ3) is 5.25. The van der Waals surface area contributed by atoms with Crippen molar-refractivity contribution >= 4 is 11.7 Å². The average Bonchev–Trinajstić information content (AvgIpc) is 3.37. The molecule has 32 heavy (non-hydrogen) atoms. The molecule has 0 aliphatic carbocycles. The van der Waals surface area contributed by atoms with Crippen molar-refractivity contribution in [1.82, 2.24) is 24.6 Å². The molecule has 8 nitrogen and oxygen atoms in total. The van der Waals surface area contributed by atoms with Gasteiger partial charge < -0.3 is 14.5 Å². The Kier molecular flexibility index (Phi) is 6.99. The first kappa shape index (κ1) is 21.8. The van der Waals surface area contributed by atoms with Crippen LogP contribution in [0, 0.1) is 6.92 Å². The number of nitrogens with zero attached hydrogens (tertiary/aromatic N) is 6. The molecule has 3 aromatic rings. The number of carbonyl (C=O) groups is 1. The van der Waals surface area contributed by atoms with E-state index in [1.54, 1.807) is 10.9 Å². The lowest BCUT2D eigenvalue weighted by Gasteiger charge is -2.35. The van der Waals surface area contributed by atoms with Crippen molar-refractivity contribution in [2.24, 2.45) is 0 Å². The summed E-state index contributed by atoms with van der Waals surface area (Å²) in [5, 5.41) is 4.26. The van der Waals surface area contributed by atoms with Crippen LogP contribution < -0.4 is 9.64 Å². The minimum absolute atomic E-state index is 0.0540. The second-order valence-corrected chi connectivity index (χ2v) is 7.94. The zero-order chi connectivity index (χ0) is 22.3. The number of rotatable bonds is 8. The summed E-state index contributed by atoms with van der Waals surface area (Å²) < 4.78 is 7.48. The second kappa shape index (κ2) is 10.3. The Morgan fingerprint density at radius 2 is 1.78 bits per heavy atom. The Hall–Kier alpha value is -3.42. The van der Waals surface area contributed by atoms with Crippen LogP contribution in [0.3, 0.4) is 0 Å². The van der Waals surface area contributed by atoms with Crippen molar-refractivity contribution in [1.29, 1.82) is 0 Å². The number of piperazine rings is 1. The zero-order valence-electron chi connectivity index (χ0n) is 18.8. The Morgan fingerprint density at radius 1 is 1.03 bits per heavy atom. The fourth-order valence-corrected chi connectivity index (χ4v) is 3.78. The van der Waals surface area contributed by atoms with E-state index < -0.39 is 0 Å². The Bertz CT molecular complexity index is 1010. The monoisotopic (exact) mass is 434 g/mol. The number of hydrogen-bond acceptors (Lipinski definition) is 6. The predicted octanol–water partition coefficient (Wildman–Crippen LogP) is 3.50. The van der Waals surface area contributed by atoms with Crippen LogP contribution in [0.2, 0.25) is 0 Å². The summed E-state index contributed by atoms with van der Waals surface area (Å²) in [7, 11) is 0. The van der Waals surface area contributed by atoms with Crippen molar-refractivity contribution in [3.8, 4) is 11.6 Å². The summed E-state index contributed by atoms with van der Waals surface area (Å²) in [6.45, 7) is 7.51. The molecule has 1 saturated heterocycles. The minimum atomic E-state index is 0.0540. The molecule has 0 radical (unpaired) electrons. The van der Waals surface area contributed by atoms with E-state index in [2.05, 4.69) is 26.9 Å². The summed E-state index contributed by atoms with van der Waals surface area (Å²) in [5.41, 5.74) is 0.693.